The molecule has 1 saturated carbocycles. The van der Waals surface area contributed by atoms with Gasteiger partial charge in [-0.05, 0) is 37.8 Å². The molecule has 23 heavy (non-hydrogen) atoms. The Bertz CT molecular complexity index is 623. The number of carbonyl (C=O) groups excluding carboxylic acids is 1. The summed E-state index contributed by atoms with van der Waals surface area (Å²) in [5, 5.41) is 11.6. The van der Waals surface area contributed by atoms with Crippen molar-refractivity contribution in [1.29, 1.82) is 0 Å². The molecule has 1 unspecified atom stereocenters. The molecule has 0 bridgehead atoms. The van der Waals surface area contributed by atoms with Crippen molar-refractivity contribution >= 4 is 11.9 Å². The summed E-state index contributed by atoms with van der Waals surface area (Å²) in [6.07, 6.45) is 1.80. The average molecular weight is 325 g/mol. The number of hydrogen-bond acceptors (Lipinski definition) is 3. The van der Waals surface area contributed by atoms with Crippen molar-refractivity contribution in [3.8, 4) is 0 Å². The molecular weight excluding hydrogens is 308 g/mol. The van der Waals surface area contributed by atoms with E-state index in [1.165, 1.54) is 6.07 Å². The second-order valence-electron chi connectivity index (χ2n) is 6.23. The Morgan fingerprint density at radius 1 is 1.22 bits per heavy atom. The summed E-state index contributed by atoms with van der Waals surface area (Å²) in [5.74, 6) is -3.87. The summed E-state index contributed by atoms with van der Waals surface area (Å²) >= 11 is 0. The number of carboxylic acids is 1. The molecule has 124 valence electrons. The van der Waals surface area contributed by atoms with Gasteiger partial charge in [-0.3, -0.25) is 9.59 Å². The summed E-state index contributed by atoms with van der Waals surface area (Å²) in [6, 6.07) is 2.98. The number of rotatable bonds is 3. The van der Waals surface area contributed by atoms with Crippen molar-refractivity contribution in [3.05, 3.63) is 35.4 Å². The Morgan fingerprint density at radius 3 is 2.48 bits per heavy atom. The van der Waals surface area contributed by atoms with Crippen LogP contribution in [0.25, 0.3) is 0 Å². The molecule has 1 saturated heterocycles. The van der Waals surface area contributed by atoms with E-state index in [2.05, 4.69) is 5.32 Å². The normalized spacial score (nSPS) is 29.8. The number of ether oxygens (including phenoxy) is 1. The first kappa shape index (κ1) is 15.9. The van der Waals surface area contributed by atoms with Crippen LogP contribution in [0.15, 0.2) is 18.2 Å². The largest absolute Gasteiger partial charge is 0.481 e. The van der Waals surface area contributed by atoms with Crippen LogP contribution in [-0.4, -0.2) is 35.2 Å². The van der Waals surface area contributed by atoms with E-state index in [0.29, 0.717) is 32.3 Å². The quantitative estimate of drug-likeness (QED) is 0.892. The molecular formula is C16H17F2NO4. The first-order valence-electron chi connectivity index (χ1n) is 7.52. The highest BCUT2D eigenvalue weighted by atomic mass is 19.1. The molecule has 1 aliphatic carbocycles. The summed E-state index contributed by atoms with van der Waals surface area (Å²) in [4.78, 5) is 23.0. The fourth-order valence-electron chi connectivity index (χ4n) is 3.42. The number of halogens is 2. The van der Waals surface area contributed by atoms with Crippen LogP contribution in [0.2, 0.25) is 0 Å². The fraction of sp³-hybridized carbons (Fsp3) is 0.500. The van der Waals surface area contributed by atoms with E-state index in [-0.39, 0.29) is 6.04 Å². The maximum absolute atomic E-state index is 13.6. The van der Waals surface area contributed by atoms with Crippen LogP contribution in [0.3, 0.4) is 0 Å². The number of aliphatic carboxylic acids is 1. The molecule has 1 amide bonds. The Labute approximate surface area is 131 Å². The summed E-state index contributed by atoms with van der Waals surface area (Å²) in [5.41, 5.74) is -1.13. The zero-order valence-electron chi connectivity index (χ0n) is 12.4. The van der Waals surface area contributed by atoms with Gasteiger partial charge >= 0.3 is 5.97 Å². The van der Waals surface area contributed by atoms with Gasteiger partial charge in [-0.25, -0.2) is 8.78 Å². The molecule has 1 heterocycles. The van der Waals surface area contributed by atoms with Crippen LogP contribution in [0, 0.1) is 17.6 Å². The van der Waals surface area contributed by atoms with Crippen LogP contribution >= 0.6 is 0 Å². The monoisotopic (exact) mass is 325 g/mol. The Hall–Kier alpha value is -2.02. The minimum atomic E-state index is -0.904. The highest BCUT2D eigenvalue weighted by Crippen LogP contribution is 2.46. The van der Waals surface area contributed by atoms with Crippen molar-refractivity contribution in [1.82, 2.24) is 5.32 Å². The maximum Gasteiger partial charge on any atom is 0.306 e. The van der Waals surface area contributed by atoms with Gasteiger partial charge in [0.15, 0.2) is 0 Å². The van der Waals surface area contributed by atoms with E-state index in [9.17, 15) is 18.4 Å². The molecule has 2 fully saturated rings. The Balaban J connectivity index is 1.64. The number of carbonyl (C=O) groups is 2. The average Bonchev–Trinajstić information content (AvgIpc) is 2.44. The second-order valence-corrected chi connectivity index (χ2v) is 6.23. The first-order valence-corrected chi connectivity index (χ1v) is 7.52. The van der Waals surface area contributed by atoms with Gasteiger partial charge in [0.1, 0.15) is 17.2 Å². The third kappa shape index (κ3) is 3.06. The van der Waals surface area contributed by atoms with Gasteiger partial charge in [0.05, 0.1) is 11.5 Å². The third-order valence-electron chi connectivity index (χ3n) is 4.60. The van der Waals surface area contributed by atoms with Crippen molar-refractivity contribution in [2.45, 2.75) is 37.3 Å². The predicted molar refractivity (Wildman–Crippen MR) is 75.9 cm³/mol. The third-order valence-corrected chi connectivity index (χ3v) is 4.60. The molecule has 2 N–H and O–H groups in total. The maximum atomic E-state index is 13.6. The number of hydrogen-bond donors (Lipinski definition) is 2. The van der Waals surface area contributed by atoms with Crippen molar-refractivity contribution in [3.63, 3.8) is 0 Å². The smallest absolute Gasteiger partial charge is 0.306 e. The van der Waals surface area contributed by atoms with Gasteiger partial charge in [-0.2, -0.15) is 0 Å². The number of nitrogens with one attached hydrogen (secondary N) is 1. The van der Waals surface area contributed by atoms with Crippen molar-refractivity contribution in [2.24, 2.45) is 5.92 Å². The standard InChI is InChI=1S/C16H17F2NO4/c17-11-2-1-3-12(18)13(11)14(20)19-10-4-5-23-16(8-10)6-9(7-16)15(21)22/h1-3,9-10H,4-8H2,(H,19,20)(H,21,22). The molecule has 3 rings (SSSR count). The molecule has 2 aliphatic rings. The van der Waals surface area contributed by atoms with E-state index in [1.807, 2.05) is 0 Å². The molecule has 1 atom stereocenters. The molecule has 1 spiro atoms. The lowest BCUT2D eigenvalue weighted by Crippen LogP contribution is -2.56. The SMILES string of the molecule is O=C(NC1CCOC2(C1)CC(C(=O)O)C2)c1c(F)cccc1F. The number of benzene rings is 1. The molecule has 7 heteroatoms. The Morgan fingerprint density at radius 2 is 1.87 bits per heavy atom. The summed E-state index contributed by atoms with van der Waals surface area (Å²) in [6.45, 7) is 0.386. The first-order chi connectivity index (χ1) is 10.9. The topological polar surface area (TPSA) is 75.6 Å². The number of amides is 1. The zero-order chi connectivity index (χ0) is 16.6. The zero-order valence-corrected chi connectivity index (χ0v) is 12.4. The summed E-state index contributed by atoms with van der Waals surface area (Å²) in [7, 11) is 0. The number of carboxylic acid groups (broad SMARTS) is 1. The van der Waals surface area contributed by atoms with Gasteiger partial charge in [0.2, 0.25) is 0 Å². The van der Waals surface area contributed by atoms with Crippen LogP contribution in [0.5, 0.6) is 0 Å². The van der Waals surface area contributed by atoms with Crippen LogP contribution in [0.4, 0.5) is 8.78 Å². The van der Waals surface area contributed by atoms with E-state index in [1.54, 1.807) is 0 Å². The van der Waals surface area contributed by atoms with Crippen molar-refractivity contribution < 1.29 is 28.2 Å². The molecule has 1 aromatic rings. The minimum Gasteiger partial charge on any atom is -0.481 e. The lowest BCUT2D eigenvalue weighted by Gasteiger charge is -2.50. The van der Waals surface area contributed by atoms with Crippen molar-refractivity contribution in [2.75, 3.05) is 6.61 Å². The predicted octanol–water partition coefficient (Wildman–Crippen LogP) is 2.11. The Kier molecular flexibility index (Phi) is 4.06. The van der Waals surface area contributed by atoms with E-state index >= 15 is 0 Å². The molecule has 1 aromatic carbocycles. The minimum absolute atomic E-state index is 0.287. The molecule has 0 radical (unpaired) electrons. The van der Waals surface area contributed by atoms with Gasteiger partial charge in [-0.1, -0.05) is 6.07 Å². The van der Waals surface area contributed by atoms with Crippen LogP contribution in [0.1, 0.15) is 36.0 Å². The van der Waals surface area contributed by atoms with Crippen LogP contribution in [-0.2, 0) is 9.53 Å². The molecule has 1 aliphatic heterocycles. The highest BCUT2D eigenvalue weighted by molar-refractivity contribution is 5.94. The fourth-order valence-corrected chi connectivity index (χ4v) is 3.42. The second kappa shape index (κ2) is 5.88. The van der Waals surface area contributed by atoms with Gasteiger partial charge in [-0.15, -0.1) is 0 Å². The molecule has 5 nitrogen and oxygen atoms in total. The van der Waals surface area contributed by atoms with E-state index < -0.39 is 40.6 Å². The van der Waals surface area contributed by atoms with Gasteiger partial charge in [0.25, 0.3) is 5.91 Å². The summed E-state index contributed by atoms with van der Waals surface area (Å²) < 4.78 is 33.0. The van der Waals surface area contributed by atoms with E-state index in [4.69, 9.17) is 9.84 Å². The highest BCUT2D eigenvalue weighted by Gasteiger charge is 2.51. The van der Waals surface area contributed by atoms with Gasteiger partial charge in [0, 0.05) is 12.6 Å². The lowest BCUT2D eigenvalue weighted by atomic mass is 9.66. The lowest BCUT2D eigenvalue weighted by molar-refractivity contribution is -0.181. The van der Waals surface area contributed by atoms with E-state index in [0.717, 1.165) is 12.1 Å². The van der Waals surface area contributed by atoms with Gasteiger partial charge < -0.3 is 15.2 Å². The molecule has 0 aromatic heterocycles. The van der Waals surface area contributed by atoms with Crippen LogP contribution < -0.4 is 5.32 Å².